The van der Waals surface area contributed by atoms with Crippen molar-refractivity contribution < 1.29 is 9.53 Å². The van der Waals surface area contributed by atoms with E-state index in [9.17, 15) is 4.79 Å². The molecule has 0 bridgehead atoms. The van der Waals surface area contributed by atoms with Gasteiger partial charge in [-0.15, -0.1) is 0 Å². The number of rotatable bonds is 6. The third-order valence-corrected chi connectivity index (χ3v) is 4.54. The van der Waals surface area contributed by atoms with Crippen LogP contribution in [0.3, 0.4) is 0 Å². The highest BCUT2D eigenvalue weighted by Crippen LogP contribution is 2.48. The zero-order chi connectivity index (χ0) is 13.1. The van der Waals surface area contributed by atoms with Gasteiger partial charge in [0, 0.05) is 20.3 Å². The molecular formula is C14H26N2O2. The van der Waals surface area contributed by atoms with Crippen LogP contribution < -0.4 is 10.6 Å². The summed E-state index contributed by atoms with van der Waals surface area (Å²) < 4.78 is 5.14. The second-order valence-corrected chi connectivity index (χ2v) is 6.14. The minimum absolute atomic E-state index is 0.172. The average Bonchev–Trinajstić information content (AvgIpc) is 3.15. The Morgan fingerprint density at radius 1 is 1.33 bits per heavy atom. The molecule has 1 saturated carbocycles. The van der Waals surface area contributed by atoms with Gasteiger partial charge in [-0.3, -0.25) is 4.79 Å². The van der Waals surface area contributed by atoms with E-state index in [0.717, 1.165) is 39.0 Å². The summed E-state index contributed by atoms with van der Waals surface area (Å²) in [7, 11) is 1.74. The van der Waals surface area contributed by atoms with Gasteiger partial charge in [-0.05, 0) is 57.4 Å². The molecule has 18 heavy (non-hydrogen) atoms. The quantitative estimate of drug-likeness (QED) is 0.754. The van der Waals surface area contributed by atoms with Crippen LogP contribution in [0.5, 0.6) is 0 Å². The van der Waals surface area contributed by atoms with Gasteiger partial charge >= 0.3 is 0 Å². The molecule has 2 fully saturated rings. The normalized spacial score (nSPS) is 29.9. The molecule has 0 radical (unpaired) electrons. The van der Waals surface area contributed by atoms with Crippen molar-refractivity contribution in [2.24, 2.45) is 5.41 Å². The Labute approximate surface area is 110 Å². The molecule has 4 heteroatoms. The van der Waals surface area contributed by atoms with E-state index in [1.807, 2.05) is 6.92 Å². The van der Waals surface area contributed by atoms with Gasteiger partial charge in [-0.25, -0.2) is 0 Å². The van der Waals surface area contributed by atoms with Crippen molar-refractivity contribution in [1.82, 2.24) is 10.6 Å². The van der Waals surface area contributed by atoms with E-state index < -0.39 is 0 Å². The molecule has 4 nitrogen and oxygen atoms in total. The molecule has 1 atom stereocenters. The highest BCUT2D eigenvalue weighted by atomic mass is 16.5. The van der Waals surface area contributed by atoms with Gasteiger partial charge in [-0.1, -0.05) is 0 Å². The van der Waals surface area contributed by atoms with Crippen LogP contribution in [0.2, 0.25) is 0 Å². The van der Waals surface area contributed by atoms with Crippen molar-refractivity contribution >= 4 is 5.91 Å². The molecule has 1 unspecified atom stereocenters. The van der Waals surface area contributed by atoms with Crippen molar-refractivity contribution in [2.75, 3.05) is 26.8 Å². The second-order valence-electron chi connectivity index (χ2n) is 6.14. The van der Waals surface area contributed by atoms with Crippen LogP contribution >= 0.6 is 0 Å². The summed E-state index contributed by atoms with van der Waals surface area (Å²) in [5.74, 6) is 0.172. The second kappa shape index (κ2) is 5.57. The fourth-order valence-corrected chi connectivity index (χ4v) is 2.72. The average molecular weight is 254 g/mol. The molecule has 2 N–H and O–H groups in total. The summed E-state index contributed by atoms with van der Waals surface area (Å²) in [5, 5.41) is 6.51. The predicted molar refractivity (Wildman–Crippen MR) is 71.4 cm³/mol. The number of hydrogen-bond acceptors (Lipinski definition) is 3. The van der Waals surface area contributed by atoms with Crippen molar-refractivity contribution in [1.29, 1.82) is 0 Å². The molecule has 1 aliphatic carbocycles. The van der Waals surface area contributed by atoms with E-state index >= 15 is 0 Å². The lowest BCUT2D eigenvalue weighted by Crippen LogP contribution is -2.57. The van der Waals surface area contributed by atoms with E-state index in [-0.39, 0.29) is 11.4 Å². The van der Waals surface area contributed by atoms with Gasteiger partial charge in [0.25, 0.3) is 0 Å². The van der Waals surface area contributed by atoms with Gasteiger partial charge in [0.15, 0.2) is 0 Å². The fourth-order valence-electron chi connectivity index (χ4n) is 2.72. The largest absolute Gasteiger partial charge is 0.385 e. The minimum Gasteiger partial charge on any atom is -0.385 e. The lowest BCUT2D eigenvalue weighted by Gasteiger charge is -2.34. The molecule has 1 saturated heterocycles. The van der Waals surface area contributed by atoms with Crippen LogP contribution in [0.15, 0.2) is 0 Å². The number of piperidine rings is 1. The first-order valence-electron chi connectivity index (χ1n) is 7.13. The Hall–Kier alpha value is -0.610. The van der Waals surface area contributed by atoms with E-state index in [2.05, 4.69) is 10.6 Å². The van der Waals surface area contributed by atoms with Gasteiger partial charge in [0.2, 0.25) is 5.91 Å². The topological polar surface area (TPSA) is 50.4 Å². The summed E-state index contributed by atoms with van der Waals surface area (Å²) in [6.07, 6.45) is 6.78. The number of hydrogen-bond donors (Lipinski definition) is 2. The first-order valence-corrected chi connectivity index (χ1v) is 7.13. The van der Waals surface area contributed by atoms with E-state index in [1.54, 1.807) is 7.11 Å². The van der Waals surface area contributed by atoms with E-state index in [4.69, 9.17) is 4.74 Å². The smallest absolute Gasteiger partial charge is 0.240 e. The number of carbonyl (C=O) groups is 1. The van der Waals surface area contributed by atoms with Crippen LogP contribution in [0, 0.1) is 5.41 Å². The molecule has 0 aromatic carbocycles. The Balaban J connectivity index is 1.77. The maximum Gasteiger partial charge on any atom is 0.240 e. The third kappa shape index (κ3) is 3.23. The third-order valence-electron chi connectivity index (χ3n) is 4.54. The van der Waals surface area contributed by atoms with Crippen LogP contribution in [0.25, 0.3) is 0 Å². The molecule has 0 aromatic rings. The Bertz CT molecular complexity index is 294. The number of methoxy groups -OCH3 is 1. The van der Waals surface area contributed by atoms with Gasteiger partial charge < -0.3 is 15.4 Å². The van der Waals surface area contributed by atoms with Crippen molar-refractivity contribution in [2.45, 2.75) is 51.0 Å². The lowest BCUT2D eigenvalue weighted by atomic mass is 9.89. The predicted octanol–water partition coefficient (Wildman–Crippen LogP) is 1.45. The fraction of sp³-hybridized carbons (Fsp3) is 0.929. The van der Waals surface area contributed by atoms with Crippen LogP contribution in [-0.4, -0.2) is 38.3 Å². The van der Waals surface area contributed by atoms with Crippen molar-refractivity contribution in [3.8, 4) is 0 Å². The molecule has 1 amide bonds. The summed E-state index contributed by atoms with van der Waals surface area (Å²) in [4.78, 5) is 12.3. The highest BCUT2D eigenvalue weighted by Gasteiger charge is 2.43. The summed E-state index contributed by atoms with van der Waals surface area (Å²) >= 11 is 0. The van der Waals surface area contributed by atoms with Gasteiger partial charge in [-0.2, -0.15) is 0 Å². The lowest BCUT2D eigenvalue weighted by molar-refractivity contribution is -0.128. The molecule has 0 spiro atoms. The number of amides is 1. The summed E-state index contributed by atoms with van der Waals surface area (Å²) in [6, 6.07) is 0. The summed E-state index contributed by atoms with van der Waals surface area (Å²) in [6.45, 7) is 4.59. The molecule has 104 valence electrons. The minimum atomic E-state index is -0.352. The SMILES string of the molecule is COCCC1(CNC(=O)C2(C)CCCCN2)CC1. The van der Waals surface area contributed by atoms with E-state index in [0.29, 0.717) is 5.41 Å². The van der Waals surface area contributed by atoms with Crippen LogP contribution in [0.1, 0.15) is 45.4 Å². The van der Waals surface area contributed by atoms with Crippen LogP contribution in [0.4, 0.5) is 0 Å². The van der Waals surface area contributed by atoms with Crippen molar-refractivity contribution in [3.05, 3.63) is 0 Å². The zero-order valence-electron chi connectivity index (χ0n) is 11.7. The molecule has 1 aliphatic heterocycles. The van der Waals surface area contributed by atoms with Crippen molar-refractivity contribution in [3.63, 3.8) is 0 Å². The number of ether oxygens (including phenoxy) is 1. The molecule has 0 aromatic heterocycles. The van der Waals surface area contributed by atoms with Gasteiger partial charge in [0.1, 0.15) is 0 Å². The molecule has 2 aliphatic rings. The monoisotopic (exact) mass is 254 g/mol. The highest BCUT2D eigenvalue weighted by molar-refractivity contribution is 5.86. The first-order chi connectivity index (χ1) is 8.60. The Morgan fingerprint density at radius 3 is 2.67 bits per heavy atom. The standard InChI is InChI=1S/C14H26N2O2/c1-13(5-3-4-9-16-13)12(17)15-11-14(6-7-14)8-10-18-2/h16H,3-11H2,1-2H3,(H,15,17). The number of carbonyl (C=O) groups excluding carboxylic acids is 1. The Kier molecular flexibility index (Phi) is 4.28. The summed E-state index contributed by atoms with van der Waals surface area (Å²) in [5.41, 5.74) is -0.0215. The van der Waals surface area contributed by atoms with Gasteiger partial charge in [0.05, 0.1) is 5.54 Å². The molecule has 1 heterocycles. The number of nitrogens with one attached hydrogen (secondary N) is 2. The molecular weight excluding hydrogens is 228 g/mol. The maximum absolute atomic E-state index is 12.3. The zero-order valence-corrected chi connectivity index (χ0v) is 11.7. The molecule has 2 rings (SSSR count). The Morgan fingerprint density at radius 2 is 2.11 bits per heavy atom. The first kappa shape index (κ1) is 13.8. The van der Waals surface area contributed by atoms with Crippen LogP contribution in [-0.2, 0) is 9.53 Å². The van der Waals surface area contributed by atoms with E-state index in [1.165, 1.54) is 19.3 Å². The maximum atomic E-state index is 12.3.